The van der Waals surface area contributed by atoms with Crippen molar-refractivity contribution in [3.63, 3.8) is 0 Å². The minimum Gasteiger partial charge on any atom is -0.490 e. The molecule has 1 aromatic rings. The van der Waals surface area contributed by atoms with Gasteiger partial charge in [-0.15, -0.1) is 0 Å². The highest BCUT2D eigenvalue weighted by atomic mass is 79.9. The molecule has 1 N–H and O–H groups in total. The van der Waals surface area contributed by atoms with Crippen LogP contribution in [0.1, 0.15) is 33.3 Å². The Bertz CT molecular complexity index is 444. The van der Waals surface area contributed by atoms with E-state index in [1.54, 1.807) is 0 Å². The molecule has 0 aromatic heterocycles. The SMILES string of the molecule is C/C=C/COc1c(Br)cc(CNC(C)C)cc1OCC. The lowest BCUT2D eigenvalue weighted by molar-refractivity contribution is 0.295. The van der Waals surface area contributed by atoms with Gasteiger partial charge < -0.3 is 14.8 Å². The smallest absolute Gasteiger partial charge is 0.175 e. The lowest BCUT2D eigenvalue weighted by atomic mass is 10.2. The molecule has 0 fully saturated rings. The summed E-state index contributed by atoms with van der Waals surface area (Å²) < 4.78 is 12.4. The zero-order chi connectivity index (χ0) is 15.0. The first-order valence-corrected chi connectivity index (χ1v) is 7.80. The molecule has 20 heavy (non-hydrogen) atoms. The van der Waals surface area contributed by atoms with E-state index in [1.807, 2.05) is 32.1 Å². The van der Waals surface area contributed by atoms with E-state index in [4.69, 9.17) is 9.47 Å². The number of hydrogen-bond acceptors (Lipinski definition) is 3. The van der Waals surface area contributed by atoms with E-state index in [9.17, 15) is 0 Å². The van der Waals surface area contributed by atoms with Gasteiger partial charge in [0.05, 0.1) is 11.1 Å². The van der Waals surface area contributed by atoms with Crippen LogP contribution < -0.4 is 14.8 Å². The van der Waals surface area contributed by atoms with Gasteiger partial charge in [0.2, 0.25) is 0 Å². The number of allylic oxidation sites excluding steroid dienone is 1. The Labute approximate surface area is 130 Å². The Morgan fingerprint density at radius 1 is 1.30 bits per heavy atom. The molecule has 0 radical (unpaired) electrons. The van der Waals surface area contributed by atoms with Crippen molar-refractivity contribution in [3.05, 3.63) is 34.3 Å². The highest BCUT2D eigenvalue weighted by Crippen LogP contribution is 2.37. The maximum absolute atomic E-state index is 5.76. The van der Waals surface area contributed by atoms with Gasteiger partial charge in [-0.05, 0) is 47.5 Å². The first-order chi connectivity index (χ1) is 9.58. The molecule has 0 saturated heterocycles. The van der Waals surface area contributed by atoms with E-state index < -0.39 is 0 Å². The Morgan fingerprint density at radius 3 is 2.65 bits per heavy atom. The molecule has 1 rings (SSSR count). The Morgan fingerprint density at radius 2 is 2.05 bits per heavy atom. The van der Waals surface area contributed by atoms with Crippen LogP contribution in [0.3, 0.4) is 0 Å². The van der Waals surface area contributed by atoms with E-state index in [0.717, 1.165) is 22.5 Å². The summed E-state index contributed by atoms with van der Waals surface area (Å²) in [7, 11) is 0. The molecule has 0 amide bonds. The zero-order valence-corrected chi connectivity index (χ0v) is 14.3. The van der Waals surface area contributed by atoms with Gasteiger partial charge >= 0.3 is 0 Å². The van der Waals surface area contributed by atoms with E-state index in [0.29, 0.717) is 19.3 Å². The third kappa shape index (κ3) is 5.55. The molecule has 0 atom stereocenters. The summed E-state index contributed by atoms with van der Waals surface area (Å²) in [6.07, 6.45) is 3.94. The van der Waals surface area contributed by atoms with E-state index in [1.165, 1.54) is 5.56 Å². The van der Waals surface area contributed by atoms with Crippen molar-refractivity contribution in [3.8, 4) is 11.5 Å². The van der Waals surface area contributed by atoms with Crippen LogP contribution >= 0.6 is 15.9 Å². The second kappa shape index (κ2) is 9.03. The largest absolute Gasteiger partial charge is 0.490 e. The summed E-state index contributed by atoms with van der Waals surface area (Å²) in [6, 6.07) is 4.56. The van der Waals surface area contributed by atoms with Crippen molar-refractivity contribution in [1.29, 1.82) is 0 Å². The normalized spacial score (nSPS) is 11.3. The number of rotatable bonds is 8. The number of ether oxygens (including phenoxy) is 2. The third-order valence-corrected chi connectivity index (χ3v) is 3.23. The van der Waals surface area contributed by atoms with Gasteiger partial charge in [0.1, 0.15) is 6.61 Å². The van der Waals surface area contributed by atoms with Crippen LogP contribution in [0.2, 0.25) is 0 Å². The van der Waals surface area contributed by atoms with Gasteiger partial charge in [0, 0.05) is 12.6 Å². The predicted octanol–water partition coefficient (Wildman–Crippen LogP) is 4.30. The molecular weight excluding hydrogens is 318 g/mol. The summed E-state index contributed by atoms with van der Waals surface area (Å²) in [4.78, 5) is 0. The first-order valence-electron chi connectivity index (χ1n) is 7.01. The Kier molecular flexibility index (Phi) is 7.70. The lowest BCUT2D eigenvalue weighted by Crippen LogP contribution is -2.21. The molecular formula is C16H24BrNO2. The van der Waals surface area contributed by atoms with Crippen molar-refractivity contribution in [2.24, 2.45) is 0 Å². The van der Waals surface area contributed by atoms with Crippen LogP contribution in [0.4, 0.5) is 0 Å². The van der Waals surface area contributed by atoms with Gasteiger partial charge in [-0.25, -0.2) is 0 Å². The Balaban J connectivity index is 2.92. The maximum atomic E-state index is 5.76. The monoisotopic (exact) mass is 341 g/mol. The predicted molar refractivity (Wildman–Crippen MR) is 87.6 cm³/mol. The first kappa shape index (κ1) is 17.1. The zero-order valence-electron chi connectivity index (χ0n) is 12.7. The van der Waals surface area contributed by atoms with Crippen LogP contribution in [0.25, 0.3) is 0 Å². The van der Waals surface area contributed by atoms with Gasteiger partial charge in [-0.1, -0.05) is 26.0 Å². The third-order valence-electron chi connectivity index (χ3n) is 2.64. The highest BCUT2D eigenvalue weighted by Gasteiger charge is 2.12. The fraction of sp³-hybridized carbons (Fsp3) is 0.500. The van der Waals surface area contributed by atoms with Crippen molar-refractivity contribution in [2.45, 2.75) is 40.3 Å². The minimum atomic E-state index is 0.454. The molecule has 4 heteroatoms. The molecule has 0 bridgehead atoms. The molecule has 0 aliphatic rings. The summed E-state index contributed by atoms with van der Waals surface area (Å²) in [5.74, 6) is 1.55. The summed E-state index contributed by atoms with van der Waals surface area (Å²) in [5, 5.41) is 3.40. The molecule has 0 saturated carbocycles. The molecule has 0 spiro atoms. The average Bonchev–Trinajstić information content (AvgIpc) is 2.39. The molecule has 0 aliphatic carbocycles. The van der Waals surface area contributed by atoms with Gasteiger partial charge in [-0.3, -0.25) is 0 Å². The number of hydrogen-bond donors (Lipinski definition) is 1. The molecule has 0 aliphatic heterocycles. The van der Waals surface area contributed by atoms with Crippen molar-refractivity contribution >= 4 is 15.9 Å². The second-order valence-corrected chi connectivity index (χ2v) is 5.61. The summed E-state index contributed by atoms with van der Waals surface area (Å²) >= 11 is 3.57. The summed E-state index contributed by atoms with van der Waals surface area (Å²) in [5.41, 5.74) is 1.17. The lowest BCUT2D eigenvalue weighted by Gasteiger charge is -2.15. The quantitative estimate of drug-likeness (QED) is 0.715. The van der Waals surface area contributed by atoms with Crippen molar-refractivity contribution < 1.29 is 9.47 Å². The van der Waals surface area contributed by atoms with Crippen LogP contribution in [0.15, 0.2) is 28.8 Å². The number of benzene rings is 1. The number of halogens is 1. The number of nitrogens with one attached hydrogen (secondary N) is 1. The second-order valence-electron chi connectivity index (χ2n) is 4.75. The van der Waals surface area contributed by atoms with Crippen LogP contribution in [0, 0.1) is 0 Å². The van der Waals surface area contributed by atoms with Gasteiger partial charge in [0.25, 0.3) is 0 Å². The topological polar surface area (TPSA) is 30.5 Å². The highest BCUT2D eigenvalue weighted by molar-refractivity contribution is 9.10. The average molecular weight is 342 g/mol. The van der Waals surface area contributed by atoms with Crippen LogP contribution in [-0.4, -0.2) is 19.3 Å². The van der Waals surface area contributed by atoms with Crippen molar-refractivity contribution in [2.75, 3.05) is 13.2 Å². The molecule has 0 heterocycles. The van der Waals surface area contributed by atoms with E-state index >= 15 is 0 Å². The standard InChI is InChI=1S/C16H24BrNO2/c1-5-7-8-20-16-14(17)9-13(11-18-12(3)4)10-15(16)19-6-2/h5,7,9-10,12,18H,6,8,11H2,1-4H3/b7-5+. The molecule has 3 nitrogen and oxygen atoms in total. The van der Waals surface area contributed by atoms with Crippen LogP contribution in [-0.2, 0) is 6.54 Å². The van der Waals surface area contributed by atoms with Gasteiger partial charge in [-0.2, -0.15) is 0 Å². The van der Waals surface area contributed by atoms with E-state index in [-0.39, 0.29) is 0 Å². The Hall–Kier alpha value is -1.00. The van der Waals surface area contributed by atoms with Crippen molar-refractivity contribution in [1.82, 2.24) is 5.32 Å². The van der Waals surface area contributed by atoms with Crippen LogP contribution in [0.5, 0.6) is 11.5 Å². The fourth-order valence-electron chi connectivity index (χ4n) is 1.68. The molecule has 112 valence electrons. The van der Waals surface area contributed by atoms with E-state index in [2.05, 4.69) is 41.2 Å². The minimum absolute atomic E-state index is 0.454. The summed E-state index contributed by atoms with van der Waals surface area (Å²) in [6.45, 7) is 10.2. The molecule has 1 aromatic carbocycles. The maximum Gasteiger partial charge on any atom is 0.175 e. The fourth-order valence-corrected chi connectivity index (χ4v) is 2.28. The van der Waals surface area contributed by atoms with Gasteiger partial charge in [0.15, 0.2) is 11.5 Å². The molecule has 0 unspecified atom stereocenters.